The molecule has 190 valence electrons. The summed E-state index contributed by atoms with van der Waals surface area (Å²) in [6, 6.07) is 4.90. The van der Waals surface area contributed by atoms with Crippen molar-refractivity contribution in [2.24, 2.45) is 5.92 Å². The summed E-state index contributed by atoms with van der Waals surface area (Å²) in [6.45, 7) is 3.59. The van der Waals surface area contributed by atoms with E-state index in [4.69, 9.17) is 0 Å². The smallest absolute Gasteiger partial charge is 0.323 e. The Bertz CT molecular complexity index is 931. The van der Waals surface area contributed by atoms with Gasteiger partial charge in [0.2, 0.25) is 21.8 Å². The highest BCUT2D eigenvalue weighted by Crippen LogP contribution is 2.18. The number of carbonyl (C=O) groups is 3. The molecule has 1 unspecified atom stereocenters. The van der Waals surface area contributed by atoms with Crippen molar-refractivity contribution >= 4 is 27.8 Å². The molecule has 10 nitrogen and oxygen atoms in total. The molecular formula is C23H36N4O6S. The zero-order chi connectivity index (χ0) is 25.0. The van der Waals surface area contributed by atoms with Gasteiger partial charge in [-0.25, -0.2) is 8.42 Å². The van der Waals surface area contributed by atoms with Gasteiger partial charge in [0.05, 0.1) is 4.90 Å². The molecule has 1 aromatic carbocycles. The maximum atomic E-state index is 12.8. The summed E-state index contributed by atoms with van der Waals surface area (Å²) in [5.74, 6) is -1.45. The number of carboxylic acid groups (broad SMARTS) is 1. The largest absolute Gasteiger partial charge is 0.480 e. The molecular weight excluding hydrogens is 460 g/mol. The minimum atomic E-state index is -4.09. The molecule has 2 rings (SSSR count). The van der Waals surface area contributed by atoms with Crippen molar-refractivity contribution < 1.29 is 27.9 Å². The summed E-state index contributed by atoms with van der Waals surface area (Å²) in [7, 11) is -4.09. The first-order chi connectivity index (χ1) is 16.2. The highest BCUT2D eigenvalue weighted by atomic mass is 32.2. The highest BCUT2D eigenvalue weighted by molar-refractivity contribution is 7.89. The van der Waals surface area contributed by atoms with Gasteiger partial charge in [0, 0.05) is 25.9 Å². The zero-order valence-electron chi connectivity index (χ0n) is 19.6. The van der Waals surface area contributed by atoms with Crippen LogP contribution in [0.5, 0.6) is 0 Å². The van der Waals surface area contributed by atoms with Gasteiger partial charge in [0.15, 0.2) is 0 Å². The van der Waals surface area contributed by atoms with Gasteiger partial charge in [-0.05, 0) is 56.3 Å². The number of amides is 2. The van der Waals surface area contributed by atoms with Crippen LogP contribution in [-0.2, 0) is 30.8 Å². The molecule has 1 aliphatic heterocycles. The fraction of sp³-hybridized carbons (Fsp3) is 0.609. The summed E-state index contributed by atoms with van der Waals surface area (Å²) in [5, 5.41) is 17.9. The molecule has 0 spiro atoms. The summed E-state index contributed by atoms with van der Waals surface area (Å²) < 4.78 is 27.7. The molecule has 5 N–H and O–H groups in total. The Labute approximate surface area is 201 Å². The number of hydrogen-bond donors (Lipinski definition) is 5. The first-order valence-electron chi connectivity index (χ1n) is 11.8. The molecule has 1 heterocycles. The fourth-order valence-electron chi connectivity index (χ4n) is 3.89. The second kappa shape index (κ2) is 14.0. The quantitative estimate of drug-likeness (QED) is 0.255. The molecule has 0 radical (unpaired) electrons. The van der Waals surface area contributed by atoms with Crippen molar-refractivity contribution in [1.82, 2.24) is 20.7 Å². The highest BCUT2D eigenvalue weighted by Gasteiger charge is 2.27. The number of hydrogen-bond acceptors (Lipinski definition) is 6. The minimum absolute atomic E-state index is 0.0293. The van der Waals surface area contributed by atoms with E-state index in [1.165, 1.54) is 6.07 Å². The molecule has 2 amide bonds. The number of carboxylic acids is 1. The predicted molar refractivity (Wildman–Crippen MR) is 128 cm³/mol. The molecule has 1 fully saturated rings. The lowest BCUT2D eigenvalue weighted by atomic mass is 9.93. The van der Waals surface area contributed by atoms with Gasteiger partial charge in [0.1, 0.15) is 6.04 Å². The number of aliphatic carboxylic acids is 1. The fourth-order valence-corrected chi connectivity index (χ4v) is 5.34. The van der Waals surface area contributed by atoms with Crippen LogP contribution in [0.2, 0.25) is 0 Å². The van der Waals surface area contributed by atoms with Gasteiger partial charge in [-0.3, -0.25) is 14.4 Å². The molecule has 1 aliphatic rings. The molecule has 0 aliphatic carbocycles. The van der Waals surface area contributed by atoms with Crippen LogP contribution in [0, 0.1) is 5.92 Å². The van der Waals surface area contributed by atoms with Crippen LogP contribution < -0.4 is 20.7 Å². The maximum absolute atomic E-state index is 12.8. The number of piperidine rings is 1. The topological polar surface area (TPSA) is 154 Å². The number of aryl methyl sites for hydroxylation is 1. The number of nitrogens with one attached hydrogen (secondary N) is 4. The standard InChI is InChI=1S/C23H36N4O6S/c1-2-5-18-6-3-4-7-20(18)34(32,33)27-19(23(30)31)16-26-22(29)12-15-25-21(28)9-8-17-10-13-24-14-11-17/h3-4,6-7,17,19,24,27H,2,5,8-16H2,1H3,(H,25,28)(H,26,29)(H,30,31). The van der Waals surface area contributed by atoms with Crippen LogP contribution >= 0.6 is 0 Å². The first-order valence-corrected chi connectivity index (χ1v) is 13.3. The second-order valence-electron chi connectivity index (χ2n) is 8.51. The van der Waals surface area contributed by atoms with Crippen molar-refractivity contribution in [1.29, 1.82) is 0 Å². The van der Waals surface area contributed by atoms with Gasteiger partial charge in [-0.15, -0.1) is 0 Å². The lowest BCUT2D eigenvalue weighted by Crippen LogP contribution is -2.48. The maximum Gasteiger partial charge on any atom is 0.323 e. The predicted octanol–water partition coefficient (Wildman–Crippen LogP) is 0.773. The van der Waals surface area contributed by atoms with Crippen molar-refractivity contribution in [3.63, 3.8) is 0 Å². The molecule has 1 aromatic rings. The zero-order valence-corrected chi connectivity index (χ0v) is 20.5. The van der Waals surface area contributed by atoms with Crippen LogP contribution in [0.1, 0.15) is 51.0 Å². The van der Waals surface area contributed by atoms with E-state index in [1.54, 1.807) is 18.2 Å². The van der Waals surface area contributed by atoms with E-state index in [9.17, 15) is 27.9 Å². The third kappa shape index (κ3) is 9.40. The third-order valence-electron chi connectivity index (χ3n) is 5.79. The van der Waals surface area contributed by atoms with E-state index in [1.807, 2.05) is 6.92 Å². The van der Waals surface area contributed by atoms with Crippen LogP contribution in [0.4, 0.5) is 0 Å². The van der Waals surface area contributed by atoms with Crippen molar-refractivity contribution in [2.45, 2.75) is 62.8 Å². The van der Waals surface area contributed by atoms with Gasteiger partial charge in [-0.1, -0.05) is 31.5 Å². The Kier molecular flexibility index (Phi) is 11.4. The summed E-state index contributed by atoms with van der Waals surface area (Å²) in [4.78, 5) is 35.7. The van der Waals surface area contributed by atoms with E-state index < -0.39 is 34.5 Å². The van der Waals surface area contributed by atoms with Crippen LogP contribution in [-0.4, -0.2) is 63.5 Å². The Morgan fingerprint density at radius 3 is 2.44 bits per heavy atom. The van der Waals surface area contributed by atoms with E-state index in [-0.39, 0.29) is 23.8 Å². The Balaban J connectivity index is 1.77. The molecule has 1 saturated heterocycles. The number of rotatable bonds is 14. The Hall–Kier alpha value is -2.50. The van der Waals surface area contributed by atoms with Crippen molar-refractivity contribution in [3.8, 4) is 0 Å². The summed E-state index contributed by atoms with van der Waals surface area (Å²) in [5.41, 5.74) is 0.599. The van der Waals surface area contributed by atoms with Gasteiger partial charge < -0.3 is 21.1 Å². The lowest BCUT2D eigenvalue weighted by Gasteiger charge is -2.22. The first kappa shape index (κ1) is 27.7. The van der Waals surface area contributed by atoms with Crippen molar-refractivity contribution in [2.75, 3.05) is 26.2 Å². The van der Waals surface area contributed by atoms with E-state index in [0.29, 0.717) is 24.3 Å². The molecule has 1 atom stereocenters. The van der Waals surface area contributed by atoms with E-state index in [2.05, 4.69) is 20.7 Å². The lowest BCUT2D eigenvalue weighted by molar-refractivity contribution is -0.138. The molecule has 34 heavy (non-hydrogen) atoms. The molecule has 0 saturated carbocycles. The Morgan fingerprint density at radius 2 is 1.76 bits per heavy atom. The SMILES string of the molecule is CCCc1ccccc1S(=O)(=O)NC(CNC(=O)CCNC(=O)CCC1CCNCC1)C(=O)O. The average molecular weight is 497 g/mol. The molecule has 0 bridgehead atoms. The van der Waals surface area contributed by atoms with Crippen LogP contribution in [0.15, 0.2) is 29.2 Å². The number of sulfonamides is 1. The monoisotopic (exact) mass is 496 g/mol. The van der Waals surface area contributed by atoms with E-state index >= 15 is 0 Å². The number of benzene rings is 1. The van der Waals surface area contributed by atoms with E-state index in [0.717, 1.165) is 38.8 Å². The summed E-state index contributed by atoms with van der Waals surface area (Å²) in [6.07, 6.45) is 4.60. The van der Waals surface area contributed by atoms with Gasteiger partial charge in [0.25, 0.3) is 0 Å². The van der Waals surface area contributed by atoms with Crippen molar-refractivity contribution in [3.05, 3.63) is 29.8 Å². The van der Waals surface area contributed by atoms with Crippen LogP contribution in [0.3, 0.4) is 0 Å². The average Bonchev–Trinajstić information content (AvgIpc) is 2.81. The Morgan fingerprint density at radius 1 is 1.09 bits per heavy atom. The number of carbonyl (C=O) groups excluding carboxylic acids is 2. The summed E-state index contributed by atoms with van der Waals surface area (Å²) >= 11 is 0. The van der Waals surface area contributed by atoms with Gasteiger partial charge in [-0.2, -0.15) is 4.72 Å². The normalized spacial score (nSPS) is 15.4. The van der Waals surface area contributed by atoms with Crippen LogP contribution in [0.25, 0.3) is 0 Å². The van der Waals surface area contributed by atoms with Gasteiger partial charge >= 0.3 is 5.97 Å². The molecule has 0 aromatic heterocycles. The molecule has 11 heteroatoms. The second-order valence-corrected chi connectivity index (χ2v) is 10.2. The third-order valence-corrected chi connectivity index (χ3v) is 7.37. The minimum Gasteiger partial charge on any atom is -0.480 e.